The second-order valence-electron chi connectivity index (χ2n) is 4.74. The first kappa shape index (κ1) is 11.7. The minimum atomic E-state index is -0.396. The molecule has 2 N–H and O–H groups in total. The van der Waals surface area contributed by atoms with E-state index in [-0.39, 0.29) is 0 Å². The van der Waals surface area contributed by atoms with Gasteiger partial charge in [-0.25, -0.2) is 0 Å². The molecule has 0 bridgehead atoms. The quantitative estimate of drug-likeness (QED) is 0.607. The number of aromatic nitrogens is 1. The highest BCUT2D eigenvalue weighted by Crippen LogP contribution is 2.36. The molecule has 1 aromatic carbocycles. The van der Waals surface area contributed by atoms with Crippen LogP contribution in [0.15, 0.2) is 30.3 Å². The van der Waals surface area contributed by atoms with Gasteiger partial charge in [0.1, 0.15) is 0 Å². The number of para-hydroxylation sites is 1. The Bertz CT molecular complexity index is 698. The number of hydroxylamine groups is 1. The van der Waals surface area contributed by atoms with Crippen LogP contribution >= 0.6 is 0 Å². The number of aromatic amines is 1. The molecule has 0 saturated carbocycles. The fourth-order valence-corrected chi connectivity index (χ4v) is 2.41. The molecule has 0 spiro atoms. The highest BCUT2D eigenvalue weighted by atomic mass is 16.5. The number of H-pyrrole nitrogens is 1. The van der Waals surface area contributed by atoms with Gasteiger partial charge in [-0.15, -0.1) is 0 Å². The molecule has 0 fully saturated rings. The molecule has 2 aromatic rings. The van der Waals surface area contributed by atoms with Crippen molar-refractivity contribution in [3.05, 3.63) is 52.8 Å². The van der Waals surface area contributed by atoms with Crippen molar-refractivity contribution in [2.24, 2.45) is 0 Å². The van der Waals surface area contributed by atoms with E-state index >= 15 is 0 Å². The highest BCUT2D eigenvalue weighted by Gasteiger charge is 2.31. The van der Waals surface area contributed by atoms with E-state index in [1.54, 1.807) is 18.2 Å². The fraction of sp³-hybridized carbons (Fsp3) is 0.133. The van der Waals surface area contributed by atoms with E-state index < -0.39 is 5.91 Å². The second-order valence-corrected chi connectivity index (χ2v) is 4.74. The van der Waals surface area contributed by atoms with E-state index in [1.807, 2.05) is 32.0 Å². The van der Waals surface area contributed by atoms with E-state index in [2.05, 4.69) is 4.98 Å². The van der Waals surface area contributed by atoms with Crippen LogP contribution in [0.4, 0.5) is 5.69 Å². The highest BCUT2D eigenvalue weighted by molar-refractivity contribution is 6.34. The third-order valence-electron chi connectivity index (χ3n) is 3.32. The number of nitrogens with zero attached hydrogens (tertiary/aromatic N) is 1. The molecule has 1 aliphatic rings. The van der Waals surface area contributed by atoms with E-state index in [9.17, 15) is 10.0 Å². The summed E-state index contributed by atoms with van der Waals surface area (Å²) in [7, 11) is 0. The largest absolute Gasteiger partial charge is 0.359 e. The number of hydrogen-bond acceptors (Lipinski definition) is 2. The minimum Gasteiger partial charge on any atom is -0.359 e. The normalized spacial score (nSPS) is 16.3. The zero-order valence-electron chi connectivity index (χ0n) is 10.8. The average Bonchev–Trinajstić information content (AvgIpc) is 2.83. The lowest BCUT2D eigenvalue weighted by Crippen LogP contribution is -2.21. The second kappa shape index (κ2) is 4.10. The molecule has 3 rings (SSSR count). The summed E-state index contributed by atoms with van der Waals surface area (Å²) in [6.45, 7) is 3.95. The Morgan fingerprint density at radius 3 is 2.68 bits per heavy atom. The number of benzene rings is 1. The molecule has 19 heavy (non-hydrogen) atoms. The van der Waals surface area contributed by atoms with Crippen molar-refractivity contribution in [3.63, 3.8) is 0 Å². The van der Waals surface area contributed by atoms with Crippen LogP contribution in [-0.2, 0) is 4.79 Å². The monoisotopic (exact) mass is 254 g/mol. The molecule has 96 valence electrons. The summed E-state index contributed by atoms with van der Waals surface area (Å²) < 4.78 is 0. The number of anilines is 1. The summed E-state index contributed by atoms with van der Waals surface area (Å²) in [5, 5.41) is 10.5. The summed E-state index contributed by atoms with van der Waals surface area (Å²) in [4.78, 5) is 15.3. The van der Waals surface area contributed by atoms with Crippen molar-refractivity contribution in [1.29, 1.82) is 0 Å². The van der Waals surface area contributed by atoms with Gasteiger partial charge >= 0.3 is 0 Å². The lowest BCUT2D eigenvalue weighted by Gasteiger charge is -2.05. The van der Waals surface area contributed by atoms with Crippen LogP contribution in [0.5, 0.6) is 0 Å². The minimum absolute atomic E-state index is 0.396. The lowest BCUT2D eigenvalue weighted by atomic mass is 10.1. The number of aryl methyl sites for hydroxylation is 2. The first-order valence-electron chi connectivity index (χ1n) is 6.08. The van der Waals surface area contributed by atoms with Crippen LogP contribution in [0, 0.1) is 13.8 Å². The van der Waals surface area contributed by atoms with Crippen LogP contribution in [0.1, 0.15) is 22.5 Å². The smallest absolute Gasteiger partial charge is 0.282 e. The Labute approximate surface area is 110 Å². The summed E-state index contributed by atoms with van der Waals surface area (Å²) >= 11 is 0. The van der Waals surface area contributed by atoms with Gasteiger partial charge in [-0.05, 0) is 37.6 Å². The average molecular weight is 254 g/mol. The van der Waals surface area contributed by atoms with Crippen molar-refractivity contribution in [2.45, 2.75) is 13.8 Å². The number of hydrogen-bond donors (Lipinski definition) is 2. The first-order valence-corrected chi connectivity index (χ1v) is 6.08. The van der Waals surface area contributed by atoms with Crippen LogP contribution in [0.2, 0.25) is 0 Å². The molecule has 0 aliphatic carbocycles. The van der Waals surface area contributed by atoms with Crippen molar-refractivity contribution in [2.75, 3.05) is 5.06 Å². The lowest BCUT2D eigenvalue weighted by molar-refractivity contribution is -0.117. The Kier molecular flexibility index (Phi) is 2.54. The maximum Gasteiger partial charge on any atom is 0.282 e. The molecule has 0 saturated heterocycles. The predicted octanol–water partition coefficient (Wildman–Crippen LogP) is 2.91. The zero-order valence-corrected chi connectivity index (χ0v) is 10.8. The van der Waals surface area contributed by atoms with Gasteiger partial charge in [-0.3, -0.25) is 10.0 Å². The molecule has 0 atom stereocenters. The van der Waals surface area contributed by atoms with Crippen LogP contribution in [0.3, 0.4) is 0 Å². The van der Waals surface area contributed by atoms with Crippen LogP contribution < -0.4 is 5.06 Å². The van der Waals surface area contributed by atoms with E-state index in [1.165, 1.54) is 0 Å². The Balaban J connectivity index is 2.16. The van der Waals surface area contributed by atoms with Crippen molar-refractivity contribution in [1.82, 2.24) is 4.98 Å². The van der Waals surface area contributed by atoms with Crippen molar-refractivity contribution >= 4 is 23.2 Å². The number of carbonyl (C=O) groups is 1. The number of fused-ring (bicyclic) bond motifs is 1. The Hall–Kier alpha value is -2.33. The first-order chi connectivity index (χ1) is 9.08. The van der Waals surface area contributed by atoms with Gasteiger partial charge in [-0.2, -0.15) is 5.06 Å². The number of nitrogens with one attached hydrogen (secondary N) is 1. The molecule has 4 heteroatoms. The summed E-state index contributed by atoms with van der Waals surface area (Å²) in [5.41, 5.74) is 4.80. The molecule has 0 unspecified atom stereocenters. The van der Waals surface area contributed by atoms with Gasteiger partial charge < -0.3 is 4.98 Å². The number of rotatable bonds is 1. The molecule has 1 aromatic heterocycles. The molecule has 4 nitrogen and oxygen atoms in total. The molecule has 1 aliphatic heterocycles. The maximum atomic E-state index is 12.1. The molecule has 0 radical (unpaired) electrons. The SMILES string of the molecule is Cc1cc(C)c(/C=C2\C(=O)N(O)c3ccccc32)[nH]1. The summed E-state index contributed by atoms with van der Waals surface area (Å²) in [6.07, 6.45) is 1.79. The topological polar surface area (TPSA) is 56.3 Å². The number of amides is 1. The van der Waals surface area contributed by atoms with E-state index in [0.717, 1.165) is 22.5 Å². The van der Waals surface area contributed by atoms with Gasteiger partial charge in [-0.1, -0.05) is 18.2 Å². The van der Waals surface area contributed by atoms with E-state index in [4.69, 9.17) is 0 Å². The summed E-state index contributed by atoms with van der Waals surface area (Å²) in [5.74, 6) is -0.396. The maximum absolute atomic E-state index is 12.1. The number of carbonyl (C=O) groups excluding carboxylic acids is 1. The standard InChI is InChI=1S/C15H14N2O2/c1-9-7-10(2)16-13(9)8-12-11-5-3-4-6-14(11)17(19)15(12)18/h3-8,16,19H,1-2H3/b12-8-. The van der Waals surface area contributed by atoms with Gasteiger partial charge in [0.2, 0.25) is 0 Å². The van der Waals surface area contributed by atoms with Crippen LogP contribution in [-0.4, -0.2) is 16.1 Å². The van der Waals surface area contributed by atoms with E-state index in [0.29, 0.717) is 16.3 Å². The van der Waals surface area contributed by atoms with Gasteiger partial charge in [0.05, 0.1) is 11.3 Å². The zero-order chi connectivity index (χ0) is 13.6. The molecule has 1 amide bonds. The molecular formula is C15H14N2O2. The molecular weight excluding hydrogens is 240 g/mol. The van der Waals surface area contributed by atoms with Crippen LogP contribution in [0.25, 0.3) is 11.6 Å². The van der Waals surface area contributed by atoms with Gasteiger partial charge in [0, 0.05) is 17.0 Å². The third kappa shape index (κ3) is 1.77. The van der Waals surface area contributed by atoms with Crippen molar-refractivity contribution in [3.8, 4) is 0 Å². The van der Waals surface area contributed by atoms with Crippen molar-refractivity contribution < 1.29 is 10.0 Å². The third-order valence-corrected chi connectivity index (χ3v) is 3.32. The Morgan fingerprint density at radius 2 is 2.00 bits per heavy atom. The summed E-state index contributed by atoms with van der Waals surface area (Å²) in [6, 6.07) is 9.23. The van der Waals surface area contributed by atoms with Gasteiger partial charge in [0.25, 0.3) is 5.91 Å². The Morgan fingerprint density at radius 1 is 1.26 bits per heavy atom. The fourth-order valence-electron chi connectivity index (χ4n) is 2.41. The van der Waals surface area contributed by atoms with Gasteiger partial charge in [0.15, 0.2) is 0 Å². The molecule has 2 heterocycles. The predicted molar refractivity (Wildman–Crippen MR) is 73.9 cm³/mol.